The molecule has 6 nitrogen and oxygen atoms in total. The molecule has 2 aromatic rings. The van der Waals surface area contributed by atoms with Crippen LogP contribution in [0.2, 0.25) is 0 Å². The second kappa shape index (κ2) is 5.83. The predicted octanol–water partition coefficient (Wildman–Crippen LogP) is 2.71. The number of benzene rings is 1. The molecule has 0 amide bonds. The number of hydrogen-bond donors (Lipinski definition) is 2. The molecule has 0 saturated heterocycles. The number of nitrogens with one attached hydrogen (secondary N) is 1. The number of nitro benzene ring substituents is 1. The monoisotopic (exact) mass is 275 g/mol. The Kier molecular flexibility index (Phi) is 4.14. The van der Waals surface area contributed by atoms with Crippen LogP contribution in [-0.2, 0) is 0 Å². The first kappa shape index (κ1) is 14.2. The molecule has 0 aliphatic carbocycles. The number of anilines is 1. The molecule has 0 aliphatic rings. The molecule has 0 bridgehead atoms. The topological polar surface area (TPSA) is 88.3 Å². The third kappa shape index (κ3) is 3.42. The average molecular weight is 275 g/mol. The van der Waals surface area contributed by atoms with Crippen LogP contribution in [-0.4, -0.2) is 27.2 Å². The Morgan fingerprint density at radius 3 is 2.75 bits per heavy atom. The van der Waals surface area contributed by atoms with Crippen molar-refractivity contribution < 1.29 is 10.0 Å². The van der Waals surface area contributed by atoms with Gasteiger partial charge in [0, 0.05) is 23.6 Å². The van der Waals surface area contributed by atoms with Crippen molar-refractivity contribution in [2.45, 2.75) is 32.4 Å². The third-order valence-electron chi connectivity index (χ3n) is 2.97. The van der Waals surface area contributed by atoms with Crippen LogP contribution < -0.4 is 5.32 Å². The lowest BCUT2D eigenvalue weighted by Crippen LogP contribution is -2.21. The molecule has 1 aromatic heterocycles. The minimum atomic E-state index is -0.420. The number of nitro groups is 1. The van der Waals surface area contributed by atoms with E-state index in [1.165, 1.54) is 12.1 Å². The molecule has 2 N–H and O–H groups in total. The van der Waals surface area contributed by atoms with Gasteiger partial charge in [-0.05, 0) is 38.5 Å². The van der Waals surface area contributed by atoms with Gasteiger partial charge >= 0.3 is 0 Å². The van der Waals surface area contributed by atoms with Gasteiger partial charge in [-0.2, -0.15) is 0 Å². The highest BCUT2D eigenvalue weighted by atomic mass is 16.6. The fourth-order valence-corrected chi connectivity index (χ4v) is 2.13. The van der Waals surface area contributed by atoms with E-state index in [1.54, 1.807) is 25.1 Å². The number of hydrogen-bond acceptors (Lipinski definition) is 5. The number of pyridine rings is 1. The zero-order valence-corrected chi connectivity index (χ0v) is 11.4. The summed E-state index contributed by atoms with van der Waals surface area (Å²) >= 11 is 0. The standard InChI is InChI=1S/C14H17N3O3/c1-9(7-10(2)18)15-14-6-3-11-8-12(17(19)20)4-5-13(11)16-14/h3-6,8-10,18H,7H2,1-2H3,(H,15,16). The van der Waals surface area contributed by atoms with Crippen LogP contribution in [0.25, 0.3) is 10.9 Å². The van der Waals surface area contributed by atoms with Crippen molar-refractivity contribution in [2.75, 3.05) is 5.32 Å². The third-order valence-corrected chi connectivity index (χ3v) is 2.97. The molecule has 106 valence electrons. The van der Waals surface area contributed by atoms with E-state index in [2.05, 4.69) is 10.3 Å². The first-order valence-corrected chi connectivity index (χ1v) is 6.45. The average Bonchev–Trinajstić information content (AvgIpc) is 2.36. The summed E-state index contributed by atoms with van der Waals surface area (Å²) in [6.45, 7) is 3.71. The molecule has 2 atom stereocenters. The first-order valence-electron chi connectivity index (χ1n) is 6.45. The molecule has 2 rings (SSSR count). The van der Waals surface area contributed by atoms with Gasteiger partial charge in [0.15, 0.2) is 0 Å². The smallest absolute Gasteiger partial charge is 0.270 e. The van der Waals surface area contributed by atoms with Crippen LogP contribution in [0.4, 0.5) is 11.5 Å². The normalized spacial score (nSPS) is 13.9. The van der Waals surface area contributed by atoms with E-state index < -0.39 is 4.92 Å². The number of aliphatic hydroxyl groups excluding tert-OH is 1. The summed E-state index contributed by atoms with van der Waals surface area (Å²) in [5.41, 5.74) is 0.757. The maximum Gasteiger partial charge on any atom is 0.270 e. The Labute approximate surface area is 116 Å². The summed E-state index contributed by atoms with van der Waals surface area (Å²) in [6, 6.07) is 8.26. The minimum Gasteiger partial charge on any atom is -0.393 e. The molecule has 0 saturated carbocycles. The quantitative estimate of drug-likeness (QED) is 0.647. The molecule has 0 radical (unpaired) electrons. The molecule has 0 fully saturated rings. The number of aliphatic hydroxyl groups is 1. The second-order valence-electron chi connectivity index (χ2n) is 4.96. The zero-order chi connectivity index (χ0) is 14.7. The van der Waals surface area contributed by atoms with Crippen LogP contribution in [0.5, 0.6) is 0 Å². The van der Waals surface area contributed by atoms with Crippen LogP contribution in [0.1, 0.15) is 20.3 Å². The summed E-state index contributed by atoms with van der Waals surface area (Å²) < 4.78 is 0. The van der Waals surface area contributed by atoms with Gasteiger partial charge in [0.2, 0.25) is 0 Å². The summed E-state index contributed by atoms with van der Waals surface area (Å²) in [4.78, 5) is 14.7. The number of aromatic nitrogens is 1. The highest BCUT2D eigenvalue weighted by Crippen LogP contribution is 2.21. The Hall–Kier alpha value is -2.21. The summed E-state index contributed by atoms with van der Waals surface area (Å²) in [5, 5.41) is 24.0. The summed E-state index contributed by atoms with van der Waals surface area (Å²) in [7, 11) is 0. The van der Waals surface area contributed by atoms with E-state index in [0.717, 1.165) is 5.39 Å². The van der Waals surface area contributed by atoms with Crippen molar-refractivity contribution in [1.29, 1.82) is 0 Å². The highest BCUT2D eigenvalue weighted by molar-refractivity contribution is 5.82. The van der Waals surface area contributed by atoms with E-state index in [1.807, 2.05) is 6.92 Å². The van der Waals surface area contributed by atoms with Gasteiger partial charge in [-0.3, -0.25) is 10.1 Å². The molecular weight excluding hydrogens is 258 g/mol. The summed E-state index contributed by atoms with van der Waals surface area (Å²) in [5.74, 6) is 0.694. The van der Waals surface area contributed by atoms with E-state index in [9.17, 15) is 15.2 Å². The van der Waals surface area contributed by atoms with E-state index in [-0.39, 0.29) is 17.8 Å². The van der Waals surface area contributed by atoms with Crippen molar-refractivity contribution in [3.8, 4) is 0 Å². The maximum atomic E-state index is 10.7. The molecule has 1 heterocycles. The Bertz CT molecular complexity index is 628. The van der Waals surface area contributed by atoms with Crippen LogP contribution >= 0.6 is 0 Å². The predicted molar refractivity (Wildman–Crippen MR) is 77.8 cm³/mol. The number of non-ortho nitro benzene ring substituents is 1. The van der Waals surface area contributed by atoms with Crippen LogP contribution in [0.3, 0.4) is 0 Å². The van der Waals surface area contributed by atoms with Gasteiger partial charge in [0.05, 0.1) is 16.5 Å². The number of fused-ring (bicyclic) bond motifs is 1. The SMILES string of the molecule is CC(O)CC(C)Nc1ccc2cc([N+](=O)[O-])ccc2n1. The number of rotatable bonds is 5. The Morgan fingerprint density at radius 1 is 1.35 bits per heavy atom. The molecule has 0 spiro atoms. The van der Waals surface area contributed by atoms with Gasteiger partial charge in [-0.25, -0.2) is 4.98 Å². The van der Waals surface area contributed by atoms with E-state index in [0.29, 0.717) is 17.8 Å². The lowest BCUT2D eigenvalue weighted by Gasteiger charge is -2.16. The lowest BCUT2D eigenvalue weighted by atomic mass is 10.1. The van der Waals surface area contributed by atoms with Crippen LogP contribution in [0.15, 0.2) is 30.3 Å². The van der Waals surface area contributed by atoms with Crippen molar-refractivity contribution >= 4 is 22.4 Å². The van der Waals surface area contributed by atoms with Gasteiger partial charge in [0.25, 0.3) is 5.69 Å². The Balaban J connectivity index is 2.21. The Morgan fingerprint density at radius 2 is 2.10 bits per heavy atom. The lowest BCUT2D eigenvalue weighted by molar-refractivity contribution is -0.384. The summed E-state index contributed by atoms with van der Waals surface area (Å²) in [6.07, 6.45) is 0.251. The van der Waals surface area contributed by atoms with Gasteiger partial charge in [-0.1, -0.05) is 0 Å². The van der Waals surface area contributed by atoms with Crippen molar-refractivity contribution in [3.05, 3.63) is 40.4 Å². The largest absolute Gasteiger partial charge is 0.393 e. The van der Waals surface area contributed by atoms with E-state index in [4.69, 9.17) is 0 Å². The van der Waals surface area contributed by atoms with Gasteiger partial charge < -0.3 is 10.4 Å². The fourth-order valence-electron chi connectivity index (χ4n) is 2.13. The van der Waals surface area contributed by atoms with Gasteiger partial charge in [-0.15, -0.1) is 0 Å². The highest BCUT2D eigenvalue weighted by Gasteiger charge is 2.09. The van der Waals surface area contributed by atoms with Crippen molar-refractivity contribution in [2.24, 2.45) is 0 Å². The maximum absolute atomic E-state index is 10.7. The minimum absolute atomic E-state index is 0.0579. The van der Waals surface area contributed by atoms with Gasteiger partial charge in [0.1, 0.15) is 5.82 Å². The molecule has 0 aliphatic heterocycles. The molecule has 1 aromatic carbocycles. The molecule has 6 heteroatoms. The first-order chi connectivity index (χ1) is 9.45. The molecule has 20 heavy (non-hydrogen) atoms. The second-order valence-corrected chi connectivity index (χ2v) is 4.96. The van der Waals surface area contributed by atoms with E-state index >= 15 is 0 Å². The fraction of sp³-hybridized carbons (Fsp3) is 0.357. The van der Waals surface area contributed by atoms with Crippen molar-refractivity contribution in [3.63, 3.8) is 0 Å². The molecule has 2 unspecified atom stereocenters. The number of nitrogens with zero attached hydrogens (tertiary/aromatic N) is 2. The molecular formula is C14H17N3O3. The van der Waals surface area contributed by atoms with Crippen LogP contribution in [0, 0.1) is 10.1 Å². The zero-order valence-electron chi connectivity index (χ0n) is 11.4. The van der Waals surface area contributed by atoms with Crippen molar-refractivity contribution in [1.82, 2.24) is 4.98 Å².